The van der Waals surface area contributed by atoms with Crippen molar-refractivity contribution in [3.8, 4) is 28.7 Å². The summed E-state index contributed by atoms with van der Waals surface area (Å²) >= 11 is 0. The van der Waals surface area contributed by atoms with Crippen LogP contribution in [0.15, 0.2) is 60.9 Å². The number of rotatable bonds is 4. The molecule has 1 aliphatic carbocycles. The number of nitrogens with one attached hydrogen (secondary N) is 1. The number of aromatic hydroxyl groups is 1. The average Bonchev–Trinajstić information content (AvgIpc) is 3.07. The number of hydrogen-bond acceptors (Lipinski definition) is 5. The van der Waals surface area contributed by atoms with E-state index in [-0.39, 0.29) is 18.3 Å². The first kappa shape index (κ1) is 18.5. The van der Waals surface area contributed by atoms with Gasteiger partial charge < -0.3 is 15.2 Å². The molecule has 0 saturated carbocycles. The van der Waals surface area contributed by atoms with Gasteiger partial charge in [-0.15, -0.1) is 0 Å². The highest BCUT2D eigenvalue weighted by atomic mass is 16.5. The maximum Gasteiger partial charge on any atom is 0.407 e. The molecule has 29 heavy (non-hydrogen) atoms. The number of hydrogen-bond donors (Lipinski definition) is 2. The molecule has 1 aromatic heterocycles. The van der Waals surface area contributed by atoms with Gasteiger partial charge in [0.15, 0.2) is 5.75 Å². The van der Waals surface area contributed by atoms with E-state index in [0.717, 1.165) is 0 Å². The van der Waals surface area contributed by atoms with E-state index in [1.807, 2.05) is 24.3 Å². The molecule has 3 aromatic rings. The van der Waals surface area contributed by atoms with Crippen LogP contribution in [0.25, 0.3) is 11.1 Å². The molecule has 0 fully saturated rings. The third-order valence-corrected chi connectivity index (χ3v) is 4.70. The highest BCUT2D eigenvalue weighted by Gasteiger charge is 2.28. The zero-order valence-electron chi connectivity index (χ0n) is 15.6. The molecule has 6 heteroatoms. The molecular formula is C23H19N3O3. The zero-order chi connectivity index (χ0) is 20.1. The Labute approximate surface area is 168 Å². The molecule has 6 nitrogen and oxygen atoms in total. The molecule has 2 aromatic carbocycles. The van der Waals surface area contributed by atoms with Crippen LogP contribution in [0.2, 0.25) is 0 Å². The van der Waals surface area contributed by atoms with E-state index in [1.165, 1.54) is 34.6 Å². The van der Waals surface area contributed by atoms with E-state index in [0.29, 0.717) is 18.8 Å². The van der Waals surface area contributed by atoms with Gasteiger partial charge in [-0.05, 0) is 28.2 Å². The van der Waals surface area contributed by atoms with Crippen LogP contribution in [0.3, 0.4) is 0 Å². The average molecular weight is 385 g/mol. The van der Waals surface area contributed by atoms with Gasteiger partial charge in [-0.3, -0.25) is 0 Å². The van der Waals surface area contributed by atoms with Gasteiger partial charge >= 0.3 is 6.09 Å². The lowest BCUT2D eigenvalue weighted by Gasteiger charge is -2.14. The Morgan fingerprint density at radius 2 is 1.66 bits per heavy atom. The van der Waals surface area contributed by atoms with Gasteiger partial charge in [-0.2, -0.15) is 0 Å². The standard InChI is InChI=1S/C23H19N3O3/c27-16-13-25-22(26-14-16)11-5-6-12-24-23(28)29-15-21-19-9-3-1-7-17(19)18-8-2-4-10-20(18)21/h1-4,7-10,13-14,21,27H,6,12,15H2,(H,24,28). The van der Waals surface area contributed by atoms with Crippen molar-refractivity contribution >= 4 is 6.09 Å². The van der Waals surface area contributed by atoms with Crippen LogP contribution in [0.5, 0.6) is 5.75 Å². The lowest BCUT2D eigenvalue weighted by molar-refractivity contribution is 0.143. The topological polar surface area (TPSA) is 84.3 Å². The Morgan fingerprint density at radius 3 is 2.31 bits per heavy atom. The largest absolute Gasteiger partial charge is 0.505 e. The van der Waals surface area contributed by atoms with Gasteiger partial charge in [-0.1, -0.05) is 54.5 Å². The summed E-state index contributed by atoms with van der Waals surface area (Å²) in [4.78, 5) is 19.8. The maximum atomic E-state index is 12.1. The second-order valence-electron chi connectivity index (χ2n) is 6.57. The van der Waals surface area contributed by atoms with Crippen LogP contribution in [0.1, 0.15) is 29.3 Å². The van der Waals surface area contributed by atoms with E-state index in [4.69, 9.17) is 9.84 Å². The van der Waals surface area contributed by atoms with Gasteiger partial charge in [0, 0.05) is 18.9 Å². The van der Waals surface area contributed by atoms with E-state index in [2.05, 4.69) is 51.4 Å². The molecule has 2 N–H and O–H groups in total. The zero-order valence-corrected chi connectivity index (χ0v) is 15.6. The summed E-state index contributed by atoms with van der Waals surface area (Å²) in [5.74, 6) is 6.00. The van der Waals surface area contributed by atoms with Gasteiger partial charge in [0.25, 0.3) is 0 Å². The molecule has 0 atom stereocenters. The summed E-state index contributed by atoms with van der Waals surface area (Å²) in [5.41, 5.74) is 4.76. The van der Waals surface area contributed by atoms with Crippen molar-refractivity contribution in [2.24, 2.45) is 0 Å². The Kier molecular flexibility index (Phi) is 5.39. The number of aromatic nitrogens is 2. The van der Waals surface area contributed by atoms with Crippen LogP contribution in [0.4, 0.5) is 4.79 Å². The molecule has 1 amide bonds. The number of carbonyl (C=O) groups is 1. The number of nitrogens with zero attached hydrogens (tertiary/aromatic N) is 2. The predicted molar refractivity (Wildman–Crippen MR) is 108 cm³/mol. The molecule has 0 radical (unpaired) electrons. The smallest absolute Gasteiger partial charge is 0.407 e. The number of alkyl carbamates (subject to hydrolysis) is 1. The molecule has 0 aliphatic heterocycles. The highest BCUT2D eigenvalue weighted by Crippen LogP contribution is 2.44. The lowest BCUT2D eigenvalue weighted by atomic mass is 9.98. The van der Waals surface area contributed by atoms with E-state index < -0.39 is 6.09 Å². The fraction of sp³-hybridized carbons (Fsp3) is 0.174. The minimum Gasteiger partial charge on any atom is -0.505 e. The number of benzene rings is 2. The van der Waals surface area contributed by atoms with Crippen molar-refractivity contribution in [2.45, 2.75) is 12.3 Å². The summed E-state index contributed by atoms with van der Waals surface area (Å²) in [6, 6.07) is 16.4. The summed E-state index contributed by atoms with van der Waals surface area (Å²) in [7, 11) is 0. The second-order valence-corrected chi connectivity index (χ2v) is 6.57. The van der Waals surface area contributed by atoms with Crippen molar-refractivity contribution in [2.75, 3.05) is 13.2 Å². The summed E-state index contributed by atoms with van der Waals surface area (Å²) in [6.45, 7) is 0.647. The van der Waals surface area contributed by atoms with E-state index >= 15 is 0 Å². The first-order chi connectivity index (χ1) is 14.2. The van der Waals surface area contributed by atoms with Gasteiger partial charge in [-0.25, -0.2) is 14.8 Å². The molecule has 0 unspecified atom stereocenters. The van der Waals surface area contributed by atoms with Gasteiger partial charge in [0.05, 0.1) is 12.4 Å². The fourth-order valence-corrected chi connectivity index (χ4v) is 3.40. The third kappa shape index (κ3) is 4.19. The molecule has 0 bridgehead atoms. The van der Waals surface area contributed by atoms with E-state index in [1.54, 1.807) is 0 Å². The molecule has 1 aliphatic rings. The van der Waals surface area contributed by atoms with E-state index in [9.17, 15) is 4.79 Å². The van der Waals surface area contributed by atoms with Gasteiger partial charge in [0.2, 0.25) is 5.82 Å². The minimum absolute atomic E-state index is 0.00697. The quantitative estimate of drug-likeness (QED) is 0.531. The van der Waals surface area contributed by atoms with Crippen molar-refractivity contribution in [1.82, 2.24) is 15.3 Å². The molecule has 0 saturated heterocycles. The van der Waals surface area contributed by atoms with Crippen molar-refractivity contribution < 1.29 is 14.6 Å². The first-order valence-electron chi connectivity index (χ1n) is 9.31. The Hall–Kier alpha value is -3.85. The first-order valence-corrected chi connectivity index (χ1v) is 9.31. The van der Waals surface area contributed by atoms with Gasteiger partial charge in [0.1, 0.15) is 6.61 Å². The van der Waals surface area contributed by atoms with Crippen LogP contribution < -0.4 is 5.32 Å². The second kappa shape index (κ2) is 8.44. The number of ether oxygens (including phenoxy) is 1. The van der Waals surface area contributed by atoms with Crippen molar-refractivity contribution in [3.63, 3.8) is 0 Å². The number of fused-ring (bicyclic) bond motifs is 3. The number of carbonyl (C=O) groups excluding carboxylic acids is 1. The molecule has 4 rings (SSSR count). The van der Waals surface area contributed by atoms with Crippen molar-refractivity contribution in [1.29, 1.82) is 0 Å². The molecule has 1 heterocycles. The molecule has 0 spiro atoms. The summed E-state index contributed by atoms with van der Waals surface area (Å²) in [6.07, 6.45) is 2.54. The maximum absolute atomic E-state index is 12.1. The molecule has 144 valence electrons. The SMILES string of the molecule is O=C(NCCC#Cc1ncc(O)cn1)OCC1c2ccccc2-c2ccccc21. The predicted octanol–water partition coefficient (Wildman–Crippen LogP) is 3.46. The molecular weight excluding hydrogens is 366 g/mol. The van der Waals surface area contributed by atoms with Crippen molar-refractivity contribution in [3.05, 3.63) is 77.9 Å². The lowest BCUT2D eigenvalue weighted by Crippen LogP contribution is -2.26. The Balaban J connectivity index is 1.29. The van der Waals surface area contributed by atoms with Crippen LogP contribution in [0, 0.1) is 11.8 Å². The minimum atomic E-state index is -0.463. The Morgan fingerprint density at radius 1 is 1.03 bits per heavy atom. The summed E-state index contributed by atoms with van der Waals surface area (Å²) < 4.78 is 5.47. The monoisotopic (exact) mass is 385 g/mol. The Bertz CT molecular complexity index is 1040. The van der Waals surface area contributed by atoms with Crippen LogP contribution in [-0.4, -0.2) is 34.3 Å². The highest BCUT2D eigenvalue weighted by molar-refractivity contribution is 5.79. The fourth-order valence-electron chi connectivity index (χ4n) is 3.40. The number of amides is 1. The van der Waals surface area contributed by atoms with Crippen LogP contribution in [-0.2, 0) is 4.74 Å². The third-order valence-electron chi connectivity index (χ3n) is 4.70. The van der Waals surface area contributed by atoms with Crippen LogP contribution >= 0.6 is 0 Å². The normalized spacial score (nSPS) is 11.7. The summed E-state index contributed by atoms with van der Waals surface area (Å²) in [5, 5.41) is 11.8.